The lowest BCUT2D eigenvalue weighted by Gasteiger charge is -2.41. The molecule has 1 atom stereocenters. The maximum absolute atomic E-state index is 6.40. The molecule has 0 aliphatic heterocycles. The molecule has 0 aromatic heterocycles. The molecule has 0 saturated carbocycles. The molecule has 0 radical (unpaired) electrons. The molecule has 0 aliphatic rings. The second-order valence-corrected chi connectivity index (χ2v) is 20.0. The van der Waals surface area contributed by atoms with Crippen LogP contribution in [0.1, 0.15) is 6.92 Å². The first-order valence-electron chi connectivity index (χ1n) is 5.91. The predicted octanol–water partition coefficient (Wildman–Crippen LogP) is 4.08. The highest BCUT2D eigenvalue weighted by molar-refractivity contribution is 7.80. The summed E-state index contributed by atoms with van der Waals surface area (Å²) in [4.78, 5) is 0. The molecule has 0 heterocycles. The third kappa shape index (κ3) is 6.61. The third-order valence-corrected chi connectivity index (χ3v) is 13.2. The lowest BCUT2D eigenvalue weighted by Crippen LogP contribution is -2.55. The molecule has 0 N–H and O–H groups in total. The zero-order valence-electron chi connectivity index (χ0n) is 12.0. The molecule has 6 heteroatoms. The van der Waals surface area contributed by atoms with Crippen molar-refractivity contribution in [1.82, 2.24) is 0 Å². The van der Waals surface area contributed by atoms with Crippen LogP contribution < -0.4 is 0 Å². The highest BCUT2D eigenvalue weighted by atomic mass is 32.1. The molecular weight excluding hydrogens is 268 g/mol. The molecule has 1 unspecified atom stereocenters. The van der Waals surface area contributed by atoms with Gasteiger partial charge in [-0.05, 0) is 51.6 Å². The summed E-state index contributed by atoms with van der Waals surface area (Å²) >= 11 is 4.41. The molecule has 0 aromatic rings. The Bertz CT molecular complexity index is 207. The fraction of sp³-hybridized carbons (Fsp3) is 1.00. The van der Waals surface area contributed by atoms with Crippen LogP contribution >= 0.6 is 12.6 Å². The number of thiol groups is 1. The van der Waals surface area contributed by atoms with Gasteiger partial charge in [-0.25, -0.2) is 0 Å². The second-order valence-electron chi connectivity index (χ2n) is 6.53. The Balaban J connectivity index is 4.90. The fourth-order valence-electron chi connectivity index (χ4n) is 1.60. The van der Waals surface area contributed by atoms with Crippen molar-refractivity contribution in [2.75, 3.05) is 5.75 Å². The van der Waals surface area contributed by atoms with E-state index in [2.05, 4.69) is 65.4 Å². The molecular formula is C10H28O2SSi3. The predicted molar refractivity (Wildman–Crippen MR) is 83.8 cm³/mol. The molecule has 0 spiro atoms. The van der Waals surface area contributed by atoms with Gasteiger partial charge in [-0.3, -0.25) is 0 Å². The average Bonchev–Trinajstić information content (AvgIpc) is 1.95. The van der Waals surface area contributed by atoms with Gasteiger partial charge < -0.3 is 8.23 Å². The van der Waals surface area contributed by atoms with Gasteiger partial charge in [-0.1, -0.05) is 6.92 Å². The summed E-state index contributed by atoms with van der Waals surface area (Å²) in [6.07, 6.45) is 0. The molecule has 0 bridgehead atoms. The van der Waals surface area contributed by atoms with Gasteiger partial charge in [-0.15, -0.1) is 0 Å². The fourth-order valence-corrected chi connectivity index (χ4v) is 14.8. The summed E-state index contributed by atoms with van der Waals surface area (Å²) in [7, 11) is -5.17. The van der Waals surface area contributed by atoms with Gasteiger partial charge in [0.25, 0.3) is 0 Å². The van der Waals surface area contributed by atoms with Crippen molar-refractivity contribution in [3.63, 3.8) is 0 Å². The van der Waals surface area contributed by atoms with E-state index < -0.39 is 25.2 Å². The normalized spacial score (nSPS) is 16.3. The van der Waals surface area contributed by atoms with E-state index in [9.17, 15) is 0 Å². The van der Waals surface area contributed by atoms with Crippen LogP contribution in [0.2, 0.25) is 51.4 Å². The zero-order valence-corrected chi connectivity index (χ0v) is 15.9. The first-order valence-corrected chi connectivity index (χ1v) is 15.7. The zero-order chi connectivity index (χ0) is 13.2. The lowest BCUT2D eigenvalue weighted by molar-refractivity contribution is 0.371. The maximum atomic E-state index is 6.40. The summed E-state index contributed by atoms with van der Waals surface area (Å²) in [5.41, 5.74) is 0.439. The van der Waals surface area contributed by atoms with Gasteiger partial charge in [0.05, 0.1) is 0 Å². The molecule has 98 valence electrons. The Hall–Kier alpha value is 0.921. The van der Waals surface area contributed by atoms with Crippen LogP contribution in [0.3, 0.4) is 0 Å². The Morgan fingerprint density at radius 1 is 0.875 bits per heavy atom. The summed E-state index contributed by atoms with van der Waals surface area (Å²) < 4.78 is 12.8. The van der Waals surface area contributed by atoms with Crippen LogP contribution in [0.25, 0.3) is 0 Å². The van der Waals surface area contributed by atoms with Crippen molar-refractivity contribution in [1.29, 1.82) is 0 Å². The van der Waals surface area contributed by atoms with E-state index in [1.807, 2.05) is 0 Å². The van der Waals surface area contributed by atoms with Crippen LogP contribution in [0.4, 0.5) is 0 Å². The molecule has 0 amide bonds. The molecule has 0 rings (SSSR count). The lowest BCUT2D eigenvalue weighted by atomic mass is 10.6. The van der Waals surface area contributed by atoms with Crippen molar-refractivity contribution < 1.29 is 8.23 Å². The molecule has 0 saturated heterocycles. The first kappa shape index (κ1) is 16.9. The Labute approximate surface area is 110 Å². The van der Waals surface area contributed by atoms with E-state index in [4.69, 9.17) is 8.23 Å². The van der Waals surface area contributed by atoms with E-state index in [0.717, 1.165) is 5.75 Å². The van der Waals surface area contributed by atoms with E-state index in [-0.39, 0.29) is 0 Å². The van der Waals surface area contributed by atoms with Crippen molar-refractivity contribution in [3.05, 3.63) is 0 Å². The monoisotopic (exact) mass is 296 g/mol. The van der Waals surface area contributed by atoms with Crippen LogP contribution in [0, 0.1) is 0 Å². The summed E-state index contributed by atoms with van der Waals surface area (Å²) in [5.74, 6) is 0.845. The number of rotatable bonds is 6. The van der Waals surface area contributed by atoms with E-state index in [1.54, 1.807) is 0 Å². The van der Waals surface area contributed by atoms with Gasteiger partial charge in [0.15, 0.2) is 16.6 Å². The summed E-state index contributed by atoms with van der Waals surface area (Å²) in [5, 5.41) is 0. The van der Waals surface area contributed by atoms with Crippen molar-refractivity contribution >= 4 is 37.8 Å². The minimum absolute atomic E-state index is 0.439. The van der Waals surface area contributed by atoms with Crippen LogP contribution in [0.15, 0.2) is 0 Å². The smallest absolute Gasteiger partial charge is 0.318 e. The van der Waals surface area contributed by atoms with Crippen molar-refractivity contribution in [3.8, 4) is 0 Å². The standard InChI is InChI=1S/C10H28O2SSi3/c1-10(9-13)16(8,11-14(2,3)4)12-15(5,6)7/h10,13H,9H2,1-8H3. The molecule has 0 aliphatic carbocycles. The largest absolute Gasteiger partial charge is 0.436 e. The van der Waals surface area contributed by atoms with Crippen LogP contribution in [-0.2, 0) is 8.23 Å². The maximum Gasteiger partial charge on any atom is 0.318 e. The van der Waals surface area contributed by atoms with Crippen LogP contribution in [-0.4, -0.2) is 30.9 Å². The van der Waals surface area contributed by atoms with Crippen molar-refractivity contribution in [2.45, 2.75) is 58.3 Å². The highest BCUT2D eigenvalue weighted by Gasteiger charge is 2.44. The molecule has 0 fully saturated rings. The van der Waals surface area contributed by atoms with Gasteiger partial charge >= 0.3 is 8.56 Å². The van der Waals surface area contributed by atoms with E-state index in [1.165, 1.54) is 0 Å². The van der Waals surface area contributed by atoms with Crippen LogP contribution in [0.5, 0.6) is 0 Å². The van der Waals surface area contributed by atoms with Gasteiger partial charge in [-0.2, -0.15) is 12.6 Å². The summed E-state index contributed by atoms with van der Waals surface area (Å²) in [6, 6.07) is 0. The minimum Gasteiger partial charge on any atom is -0.436 e. The molecule has 2 nitrogen and oxygen atoms in total. The van der Waals surface area contributed by atoms with Gasteiger partial charge in [0.2, 0.25) is 0 Å². The second kappa shape index (κ2) is 5.71. The molecule has 16 heavy (non-hydrogen) atoms. The van der Waals surface area contributed by atoms with Gasteiger partial charge in [0, 0.05) is 5.54 Å². The van der Waals surface area contributed by atoms with E-state index in [0.29, 0.717) is 5.54 Å². The average molecular weight is 297 g/mol. The van der Waals surface area contributed by atoms with Gasteiger partial charge in [0.1, 0.15) is 0 Å². The first-order chi connectivity index (χ1) is 6.90. The summed E-state index contributed by atoms with van der Waals surface area (Å²) in [6.45, 7) is 17.8. The minimum atomic E-state index is -2.08. The quantitative estimate of drug-likeness (QED) is 0.588. The molecule has 0 aromatic carbocycles. The number of hydrogen-bond acceptors (Lipinski definition) is 3. The van der Waals surface area contributed by atoms with Crippen molar-refractivity contribution in [2.24, 2.45) is 0 Å². The Morgan fingerprint density at radius 2 is 1.19 bits per heavy atom. The SMILES string of the molecule is CC(CS)[Si](C)(O[Si](C)(C)C)O[Si](C)(C)C. The Morgan fingerprint density at radius 3 is 1.38 bits per heavy atom. The number of hydrogen-bond donors (Lipinski definition) is 1. The topological polar surface area (TPSA) is 18.5 Å². The van der Waals surface area contributed by atoms with E-state index >= 15 is 0 Å². The highest BCUT2D eigenvalue weighted by Crippen LogP contribution is 2.31. The third-order valence-electron chi connectivity index (χ3n) is 2.19. The Kier molecular flexibility index (Phi) is 6.04.